The maximum absolute atomic E-state index is 14.1. The van der Waals surface area contributed by atoms with Crippen molar-refractivity contribution in [3.05, 3.63) is 87.5 Å². The second-order valence-electron chi connectivity index (χ2n) is 11.4. The molecule has 0 bridgehead atoms. The number of hydrogen-bond donors (Lipinski definition) is 4. The number of nitrogens with zero attached hydrogens (tertiary/aromatic N) is 2. The summed E-state index contributed by atoms with van der Waals surface area (Å²) in [6.07, 6.45) is -12.6. The number of thioether (sulfide) groups is 2. The quantitative estimate of drug-likeness (QED) is 0.0390. The first-order valence-corrected chi connectivity index (χ1v) is 18.3. The van der Waals surface area contributed by atoms with Crippen LogP contribution in [0.3, 0.4) is 0 Å². The minimum absolute atomic E-state index is 0.0541. The number of carbonyl (C=O) groups excluding carboxylic acids is 1. The molecule has 4 rings (SSSR count). The van der Waals surface area contributed by atoms with Gasteiger partial charge in [-0.3, -0.25) is 9.48 Å². The fraction of sp³-hybridized carbons (Fsp3) is 0.353. The smallest absolute Gasteiger partial charge is 0.435 e. The van der Waals surface area contributed by atoms with Crippen LogP contribution in [0.2, 0.25) is 10.0 Å². The second-order valence-corrected chi connectivity index (χ2v) is 15.0. The minimum Gasteiger partial charge on any atom is -0.488 e. The van der Waals surface area contributed by atoms with Crippen LogP contribution in [-0.4, -0.2) is 77.7 Å². The van der Waals surface area contributed by atoms with Crippen molar-refractivity contribution in [2.45, 2.75) is 42.2 Å². The van der Waals surface area contributed by atoms with E-state index in [2.05, 4.69) is 5.10 Å². The number of halogens is 8. The van der Waals surface area contributed by atoms with E-state index in [4.69, 9.17) is 32.7 Å². The van der Waals surface area contributed by atoms with Crippen LogP contribution in [0.5, 0.6) is 11.5 Å². The normalized spacial score (nSPS) is 13.8. The molecule has 288 valence electrons. The van der Waals surface area contributed by atoms with Crippen molar-refractivity contribution in [2.24, 2.45) is 7.05 Å². The minimum atomic E-state index is -4.94. The van der Waals surface area contributed by atoms with Gasteiger partial charge in [-0.2, -0.15) is 31.4 Å². The molecule has 53 heavy (non-hydrogen) atoms. The van der Waals surface area contributed by atoms with E-state index in [9.17, 15) is 51.6 Å². The lowest BCUT2D eigenvalue weighted by atomic mass is 9.96. The van der Waals surface area contributed by atoms with Gasteiger partial charge in [-0.05, 0) is 53.6 Å². The lowest BCUT2D eigenvalue weighted by Gasteiger charge is -2.22. The third kappa shape index (κ3) is 11.7. The van der Waals surface area contributed by atoms with Gasteiger partial charge >= 0.3 is 18.3 Å². The van der Waals surface area contributed by atoms with Crippen molar-refractivity contribution in [3.8, 4) is 33.9 Å². The van der Waals surface area contributed by atoms with Crippen LogP contribution < -0.4 is 9.47 Å². The zero-order valence-electron chi connectivity index (χ0n) is 27.5. The molecule has 4 aromatic rings. The lowest BCUT2D eigenvalue weighted by molar-refractivity contribution is -0.141. The van der Waals surface area contributed by atoms with Crippen LogP contribution in [0.15, 0.2) is 60.7 Å². The SMILES string of the molecule is Cn1nc(C(F)(F)F)cc1-c1ccc(OCc2ccc(Cl)cc2)c(-c2ccc(Cl)c(C(F)(F)F)c2)c1OC(=O)CC(SCC(O)CO)SCC(O)CO. The first-order valence-electron chi connectivity index (χ1n) is 15.5. The molecule has 0 amide bonds. The standard InChI is InChI=1S/C34H32Cl2F6N2O7S2/c1-44-26(11-28(43-44)34(40,41)42)23-7-9-27(50-15-18-2-5-20(35)6-3-18)31(19-4-8-25(36)24(10-19)33(37,38)39)32(23)51-29(49)12-30(52-16-21(47)13-45)53-17-22(48)14-46/h2-11,21-22,30,45-48H,12-17H2,1H3. The predicted molar refractivity (Wildman–Crippen MR) is 190 cm³/mol. The monoisotopic (exact) mass is 828 g/mol. The predicted octanol–water partition coefficient (Wildman–Crippen LogP) is 7.47. The zero-order chi connectivity index (χ0) is 39.1. The number of alkyl halides is 6. The Hall–Kier alpha value is -3.16. The first kappa shape index (κ1) is 42.6. The summed E-state index contributed by atoms with van der Waals surface area (Å²) in [5.74, 6) is -1.69. The molecule has 0 spiro atoms. The molecular formula is C34H32Cl2F6N2O7S2. The highest BCUT2D eigenvalue weighted by molar-refractivity contribution is 8.17. The molecule has 0 saturated heterocycles. The summed E-state index contributed by atoms with van der Waals surface area (Å²) >= 11 is 13.9. The first-order chi connectivity index (χ1) is 24.9. The molecule has 2 atom stereocenters. The Bertz CT molecular complexity index is 1850. The summed E-state index contributed by atoms with van der Waals surface area (Å²) < 4.78 is 95.7. The van der Waals surface area contributed by atoms with Crippen molar-refractivity contribution in [3.63, 3.8) is 0 Å². The molecule has 4 N–H and O–H groups in total. The number of aryl methyl sites for hydroxylation is 1. The van der Waals surface area contributed by atoms with Gasteiger partial charge in [0.25, 0.3) is 0 Å². The Morgan fingerprint density at radius 3 is 2.06 bits per heavy atom. The van der Waals surface area contributed by atoms with E-state index in [1.54, 1.807) is 24.3 Å². The topological polar surface area (TPSA) is 134 Å². The van der Waals surface area contributed by atoms with E-state index < -0.39 is 76.8 Å². The highest BCUT2D eigenvalue weighted by atomic mass is 35.5. The van der Waals surface area contributed by atoms with Gasteiger partial charge in [-0.25, -0.2) is 0 Å². The number of aromatic nitrogens is 2. The van der Waals surface area contributed by atoms with Crippen LogP contribution in [0.25, 0.3) is 22.4 Å². The van der Waals surface area contributed by atoms with Crippen molar-refractivity contribution >= 4 is 52.7 Å². The van der Waals surface area contributed by atoms with Crippen LogP contribution in [-0.2, 0) is 30.8 Å². The highest BCUT2D eigenvalue weighted by Crippen LogP contribution is 2.48. The Morgan fingerprint density at radius 1 is 0.887 bits per heavy atom. The van der Waals surface area contributed by atoms with Gasteiger partial charge in [0.2, 0.25) is 0 Å². The van der Waals surface area contributed by atoms with Gasteiger partial charge in [0, 0.05) is 29.1 Å². The number of benzene rings is 3. The third-order valence-electron chi connectivity index (χ3n) is 7.35. The van der Waals surface area contributed by atoms with E-state index >= 15 is 0 Å². The molecule has 0 fully saturated rings. The maximum Gasteiger partial charge on any atom is 0.435 e. The van der Waals surface area contributed by atoms with Crippen molar-refractivity contribution < 1.29 is 61.0 Å². The molecular weight excluding hydrogens is 797 g/mol. The van der Waals surface area contributed by atoms with E-state index in [0.717, 1.165) is 34.3 Å². The van der Waals surface area contributed by atoms with E-state index in [1.165, 1.54) is 25.2 Å². The van der Waals surface area contributed by atoms with Gasteiger partial charge in [-0.15, -0.1) is 23.5 Å². The molecule has 0 aliphatic rings. The van der Waals surface area contributed by atoms with Crippen molar-refractivity contribution in [1.29, 1.82) is 0 Å². The molecule has 3 aromatic carbocycles. The number of ether oxygens (including phenoxy) is 2. The summed E-state index contributed by atoms with van der Waals surface area (Å²) in [7, 11) is 1.20. The molecule has 0 saturated carbocycles. The highest BCUT2D eigenvalue weighted by Gasteiger charge is 2.37. The van der Waals surface area contributed by atoms with Gasteiger partial charge in [0.05, 0.1) is 58.3 Å². The van der Waals surface area contributed by atoms with Gasteiger partial charge in [-0.1, -0.05) is 41.4 Å². The van der Waals surface area contributed by atoms with Crippen LogP contribution in [0.4, 0.5) is 26.3 Å². The number of aliphatic hydroxyl groups is 4. The Labute approximate surface area is 317 Å². The molecule has 19 heteroatoms. The fourth-order valence-electron chi connectivity index (χ4n) is 4.76. The number of aliphatic hydroxyl groups excluding tert-OH is 4. The molecule has 1 aromatic heterocycles. The van der Waals surface area contributed by atoms with Crippen LogP contribution in [0.1, 0.15) is 23.2 Å². The molecule has 2 unspecified atom stereocenters. The Kier molecular flexibility index (Phi) is 14.8. The summed E-state index contributed by atoms with van der Waals surface area (Å²) in [4.78, 5) is 13.7. The van der Waals surface area contributed by atoms with Gasteiger partial charge in [0.15, 0.2) is 11.4 Å². The van der Waals surface area contributed by atoms with Gasteiger partial charge in [0.1, 0.15) is 12.4 Å². The largest absolute Gasteiger partial charge is 0.488 e. The van der Waals surface area contributed by atoms with Crippen LogP contribution >= 0.6 is 46.7 Å². The number of rotatable bonds is 16. The van der Waals surface area contributed by atoms with E-state index in [0.29, 0.717) is 22.7 Å². The van der Waals surface area contributed by atoms with Gasteiger partial charge < -0.3 is 29.9 Å². The van der Waals surface area contributed by atoms with Crippen LogP contribution in [0, 0.1) is 0 Å². The maximum atomic E-state index is 14.1. The molecule has 0 radical (unpaired) electrons. The average molecular weight is 830 g/mol. The summed E-state index contributed by atoms with van der Waals surface area (Å²) in [6.45, 7) is -1.33. The molecule has 0 aliphatic carbocycles. The third-order valence-corrected chi connectivity index (χ3v) is 11.0. The Balaban J connectivity index is 1.91. The average Bonchev–Trinajstić information content (AvgIpc) is 3.50. The molecule has 1 heterocycles. The summed E-state index contributed by atoms with van der Waals surface area (Å²) in [5.41, 5.74) is -2.78. The summed E-state index contributed by atoms with van der Waals surface area (Å²) in [6, 6.07) is 12.6. The fourth-order valence-corrected chi connectivity index (χ4v) is 7.56. The van der Waals surface area contributed by atoms with E-state index in [1.807, 2.05) is 0 Å². The number of esters is 1. The number of carbonyl (C=O) groups is 1. The van der Waals surface area contributed by atoms with E-state index in [-0.39, 0.29) is 46.2 Å². The Morgan fingerprint density at radius 2 is 1.51 bits per heavy atom. The molecule has 0 aliphatic heterocycles. The van der Waals surface area contributed by atoms with Crippen molar-refractivity contribution in [2.75, 3.05) is 24.7 Å². The lowest BCUT2D eigenvalue weighted by Crippen LogP contribution is -2.22. The second kappa shape index (κ2) is 18.4. The number of hydrogen-bond acceptors (Lipinski definition) is 10. The molecule has 9 nitrogen and oxygen atoms in total. The zero-order valence-corrected chi connectivity index (χ0v) is 30.6. The summed E-state index contributed by atoms with van der Waals surface area (Å²) in [5, 5.41) is 41.7. The van der Waals surface area contributed by atoms with Crippen molar-refractivity contribution in [1.82, 2.24) is 9.78 Å².